The summed E-state index contributed by atoms with van der Waals surface area (Å²) in [6, 6.07) is 5.91. The number of aryl methyl sites for hydroxylation is 1. The molecule has 5 nitrogen and oxygen atoms in total. The van der Waals surface area contributed by atoms with Gasteiger partial charge in [-0.05, 0) is 0 Å². The standard InChI is InChI=1S/C19H18N3O2Se/c1-10-15-13(14(8-20)18(25)22-10)7-19(3,24)17(11(2)23)16(15)12-5-4-6-21-9-12/h4-6,9,16-17,24H,7H2,1-3H3. The first kappa shape index (κ1) is 17.8. The molecule has 0 aliphatic heterocycles. The molecule has 2 aromatic heterocycles. The summed E-state index contributed by atoms with van der Waals surface area (Å²) in [4.78, 5) is 21.1. The van der Waals surface area contributed by atoms with Crippen molar-refractivity contribution >= 4 is 26.4 Å². The Hall–Kier alpha value is -2.06. The van der Waals surface area contributed by atoms with Gasteiger partial charge in [-0.2, -0.15) is 0 Å². The average Bonchev–Trinajstić information content (AvgIpc) is 2.53. The molecule has 0 saturated carbocycles. The Kier molecular flexibility index (Phi) is 4.51. The quantitative estimate of drug-likeness (QED) is 0.765. The third-order valence-electron chi connectivity index (χ3n) is 4.94. The Morgan fingerprint density at radius 2 is 2.24 bits per heavy atom. The Morgan fingerprint density at radius 3 is 2.80 bits per heavy atom. The Bertz CT molecular complexity index is 888. The molecule has 3 unspecified atom stereocenters. The number of hydrogen-bond donors (Lipinski definition) is 1. The van der Waals surface area contributed by atoms with Crippen molar-refractivity contribution in [3.63, 3.8) is 0 Å². The Labute approximate surface area is 154 Å². The molecule has 25 heavy (non-hydrogen) atoms. The SMILES string of the molecule is CC(=O)C1C(c2cccnc2)c2c(C)nc([Se])c(C#N)c2CC1(C)O. The van der Waals surface area contributed by atoms with Crippen LogP contribution in [0.25, 0.3) is 0 Å². The van der Waals surface area contributed by atoms with Gasteiger partial charge in [0.15, 0.2) is 0 Å². The molecule has 0 aromatic carbocycles. The number of ketones is 1. The summed E-state index contributed by atoms with van der Waals surface area (Å²) in [6.45, 7) is 5.05. The van der Waals surface area contributed by atoms with Gasteiger partial charge in [0.1, 0.15) is 0 Å². The van der Waals surface area contributed by atoms with Crippen molar-refractivity contribution in [2.45, 2.75) is 38.7 Å². The predicted octanol–water partition coefficient (Wildman–Crippen LogP) is 1.09. The van der Waals surface area contributed by atoms with E-state index < -0.39 is 11.5 Å². The van der Waals surface area contributed by atoms with Crippen LogP contribution in [0.4, 0.5) is 0 Å². The summed E-state index contributed by atoms with van der Waals surface area (Å²) >= 11 is 2.83. The fourth-order valence-electron chi connectivity index (χ4n) is 4.05. The number of nitriles is 1. The van der Waals surface area contributed by atoms with Gasteiger partial charge in [-0.1, -0.05) is 0 Å². The Balaban J connectivity index is 2.39. The zero-order valence-electron chi connectivity index (χ0n) is 14.3. The third kappa shape index (κ3) is 2.89. The van der Waals surface area contributed by atoms with Gasteiger partial charge in [0.05, 0.1) is 0 Å². The molecular weight excluding hydrogens is 381 g/mol. The first-order valence-electron chi connectivity index (χ1n) is 8.01. The van der Waals surface area contributed by atoms with E-state index in [1.807, 2.05) is 19.1 Å². The van der Waals surface area contributed by atoms with Crippen LogP contribution in [0.2, 0.25) is 0 Å². The van der Waals surface area contributed by atoms with E-state index in [1.165, 1.54) is 6.92 Å². The Morgan fingerprint density at radius 1 is 1.52 bits per heavy atom. The minimum absolute atomic E-state index is 0.0884. The van der Waals surface area contributed by atoms with Crippen molar-refractivity contribution in [2.24, 2.45) is 5.92 Å². The minimum atomic E-state index is -1.26. The number of carbonyl (C=O) groups excluding carboxylic acids is 1. The first-order chi connectivity index (χ1) is 11.8. The second kappa shape index (κ2) is 6.34. The summed E-state index contributed by atoms with van der Waals surface area (Å²) in [5.74, 6) is -1.09. The number of fused-ring (bicyclic) bond motifs is 1. The van der Waals surface area contributed by atoms with E-state index in [-0.39, 0.29) is 18.1 Å². The molecular formula is C19H18N3O2Se. The van der Waals surface area contributed by atoms with E-state index in [4.69, 9.17) is 0 Å². The molecule has 1 N–H and O–H groups in total. The molecule has 0 fully saturated rings. The number of rotatable bonds is 2. The van der Waals surface area contributed by atoms with Gasteiger partial charge in [0.25, 0.3) is 0 Å². The van der Waals surface area contributed by atoms with Crippen molar-refractivity contribution in [3.05, 3.63) is 52.5 Å². The van der Waals surface area contributed by atoms with E-state index >= 15 is 0 Å². The van der Waals surface area contributed by atoms with E-state index in [9.17, 15) is 15.2 Å². The average molecular weight is 399 g/mol. The molecule has 0 saturated heterocycles. The van der Waals surface area contributed by atoms with Crippen LogP contribution in [0.3, 0.4) is 0 Å². The summed E-state index contributed by atoms with van der Waals surface area (Å²) in [5, 5.41) is 20.7. The molecule has 2 heterocycles. The van der Waals surface area contributed by atoms with Gasteiger partial charge in [-0.15, -0.1) is 0 Å². The predicted molar refractivity (Wildman–Crippen MR) is 93.7 cm³/mol. The van der Waals surface area contributed by atoms with Gasteiger partial charge < -0.3 is 0 Å². The van der Waals surface area contributed by atoms with Crippen LogP contribution >= 0.6 is 0 Å². The summed E-state index contributed by atoms with van der Waals surface area (Å²) in [5.41, 5.74) is 2.40. The topological polar surface area (TPSA) is 86.9 Å². The number of nitrogens with zero attached hydrogens (tertiary/aromatic N) is 3. The van der Waals surface area contributed by atoms with E-state index in [0.717, 1.165) is 22.4 Å². The van der Waals surface area contributed by atoms with Crippen LogP contribution in [0.5, 0.6) is 0 Å². The molecule has 3 rings (SSSR count). The fraction of sp³-hybridized carbons (Fsp3) is 0.368. The summed E-state index contributed by atoms with van der Waals surface area (Å²) in [6.07, 6.45) is 3.62. The number of carbonyl (C=O) groups is 1. The molecule has 6 heteroatoms. The molecule has 3 atom stereocenters. The van der Waals surface area contributed by atoms with Gasteiger partial charge in [-0.25, -0.2) is 0 Å². The first-order valence-corrected chi connectivity index (χ1v) is 8.86. The monoisotopic (exact) mass is 400 g/mol. The van der Waals surface area contributed by atoms with Crippen LogP contribution in [-0.2, 0) is 11.2 Å². The van der Waals surface area contributed by atoms with Crippen LogP contribution in [0.1, 0.15) is 47.7 Å². The number of hydrogen-bond acceptors (Lipinski definition) is 5. The van der Waals surface area contributed by atoms with Crippen LogP contribution in [-0.4, -0.2) is 42.5 Å². The molecule has 1 radical (unpaired) electrons. The van der Waals surface area contributed by atoms with Gasteiger partial charge in [0.2, 0.25) is 0 Å². The van der Waals surface area contributed by atoms with Crippen LogP contribution in [0.15, 0.2) is 24.5 Å². The van der Waals surface area contributed by atoms with Crippen molar-refractivity contribution in [1.82, 2.24) is 9.97 Å². The van der Waals surface area contributed by atoms with Crippen molar-refractivity contribution in [2.75, 3.05) is 0 Å². The van der Waals surface area contributed by atoms with Crippen LogP contribution in [0, 0.1) is 24.2 Å². The molecule has 2 aromatic rings. The molecule has 0 bridgehead atoms. The molecule has 1 aliphatic rings. The van der Waals surface area contributed by atoms with Crippen molar-refractivity contribution in [1.29, 1.82) is 5.26 Å². The van der Waals surface area contributed by atoms with E-state index in [2.05, 4.69) is 32.0 Å². The number of aromatic nitrogens is 2. The molecule has 127 valence electrons. The number of aliphatic hydroxyl groups is 1. The van der Waals surface area contributed by atoms with Crippen molar-refractivity contribution in [3.8, 4) is 6.07 Å². The molecule has 1 aliphatic carbocycles. The third-order valence-corrected chi connectivity index (χ3v) is 5.56. The number of pyridine rings is 2. The van der Waals surface area contributed by atoms with Gasteiger partial charge in [0, 0.05) is 0 Å². The summed E-state index contributed by atoms with van der Waals surface area (Å²) < 4.78 is 0.528. The van der Waals surface area contributed by atoms with Gasteiger partial charge in [-0.3, -0.25) is 0 Å². The van der Waals surface area contributed by atoms with E-state index in [1.54, 1.807) is 19.3 Å². The van der Waals surface area contributed by atoms with E-state index in [0.29, 0.717) is 10.2 Å². The maximum atomic E-state index is 12.5. The second-order valence-electron chi connectivity index (χ2n) is 6.77. The van der Waals surface area contributed by atoms with Gasteiger partial charge >= 0.3 is 155 Å². The molecule has 0 spiro atoms. The maximum absolute atomic E-state index is 12.5. The number of Topliss-reactive ketones (excluding diaryl/α,β-unsaturated/α-hetero) is 1. The normalized spacial score (nSPS) is 25.1. The second-order valence-corrected chi connectivity index (χ2v) is 7.58. The fourth-order valence-corrected chi connectivity index (χ4v) is 4.69. The van der Waals surface area contributed by atoms with Crippen molar-refractivity contribution < 1.29 is 9.90 Å². The summed E-state index contributed by atoms with van der Waals surface area (Å²) in [7, 11) is 0. The molecule has 0 amide bonds. The zero-order chi connectivity index (χ0) is 18.4. The van der Waals surface area contributed by atoms with Crippen LogP contribution < -0.4 is 4.59 Å². The zero-order valence-corrected chi connectivity index (χ0v) is 16.0.